The summed E-state index contributed by atoms with van der Waals surface area (Å²) in [6, 6.07) is 0. The third-order valence-corrected chi connectivity index (χ3v) is 4.19. The van der Waals surface area contributed by atoms with Crippen molar-refractivity contribution in [2.75, 3.05) is 13.7 Å². The van der Waals surface area contributed by atoms with Gasteiger partial charge >= 0.3 is 5.69 Å². The molecule has 0 saturated carbocycles. The van der Waals surface area contributed by atoms with Gasteiger partial charge in [-0.25, -0.2) is 4.79 Å². The lowest BCUT2D eigenvalue weighted by atomic mass is 10.2. The average Bonchev–Trinajstić information content (AvgIpc) is 2.82. The van der Waals surface area contributed by atoms with Crippen LogP contribution >= 0.6 is 7.82 Å². The van der Waals surface area contributed by atoms with Crippen molar-refractivity contribution >= 4 is 7.82 Å². The number of H-pyrrole nitrogens is 1. The van der Waals surface area contributed by atoms with Crippen molar-refractivity contribution in [3.63, 3.8) is 0 Å². The van der Waals surface area contributed by atoms with Crippen LogP contribution in [0.2, 0.25) is 0 Å². The van der Waals surface area contributed by atoms with Crippen LogP contribution in [0.4, 0.5) is 0 Å². The van der Waals surface area contributed by atoms with Crippen molar-refractivity contribution in [1.29, 1.82) is 0 Å². The molecule has 2 rings (SSSR count). The van der Waals surface area contributed by atoms with Crippen LogP contribution in [0.5, 0.6) is 0 Å². The standard InChI is InChI=1S/C11H17N2O8P/c1-6-4-13(11(16)12-10(6)15)9-3-7(14)8(21-9)5-20-22(17,18)19-2/h4,7-9,14H,3,5H2,1-2H3,(H,17,18)(H,12,15,16)/p-1/t7?,8-,9-/m1/s1. The van der Waals surface area contributed by atoms with Gasteiger partial charge < -0.3 is 23.8 Å². The van der Waals surface area contributed by atoms with Crippen LogP contribution in [-0.2, 0) is 18.3 Å². The number of rotatable bonds is 5. The molecule has 4 atom stereocenters. The largest absolute Gasteiger partial charge is 0.756 e. The number of nitrogens with one attached hydrogen (secondary N) is 1. The van der Waals surface area contributed by atoms with Gasteiger partial charge in [0.1, 0.15) is 12.3 Å². The molecular weight excluding hydrogens is 319 g/mol. The lowest BCUT2D eigenvalue weighted by molar-refractivity contribution is -0.226. The fourth-order valence-corrected chi connectivity index (χ4v) is 2.49. The molecular formula is C11H16N2O8P-. The molecule has 124 valence electrons. The Morgan fingerprint density at radius 1 is 1.59 bits per heavy atom. The van der Waals surface area contributed by atoms with Gasteiger partial charge in [0.05, 0.1) is 12.7 Å². The number of aromatic nitrogens is 2. The Balaban J connectivity index is 2.11. The van der Waals surface area contributed by atoms with Crippen LogP contribution < -0.4 is 16.1 Å². The summed E-state index contributed by atoms with van der Waals surface area (Å²) in [5.74, 6) is 0. The van der Waals surface area contributed by atoms with E-state index in [-0.39, 0.29) is 6.42 Å². The Hall–Kier alpha value is -1.29. The van der Waals surface area contributed by atoms with E-state index in [1.54, 1.807) is 0 Å². The molecule has 1 fully saturated rings. The Morgan fingerprint density at radius 2 is 2.27 bits per heavy atom. The van der Waals surface area contributed by atoms with Gasteiger partial charge in [-0.05, 0) is 6.92 Å². The fourth-order valence-electron chi connectivity index (χ4n) is 2.05. The van der Waals surface area contributed by atoms with E-state index in [0.717, 1.165) is 11.7 Å². The molecule has 0 amide bonds. The molecule has 2 unspecified atom stereocenters. The van der Waals surface area contributed by atoms with Crippen molar-refractivity contribution in [2.24, 2.45) is 0 Å². The number of hydrogen-bond acceptors (Lipinski definition) is 8. The zero-order valence-corrected chi connectivity index (χ0v) is 12.8. The maximum atomic E-state index is 11.8. The van der Waals surface area contributed by atoms with Crippen molar-refractivity contribution < 1.29 is 28.3 Å². The summed E-state index contributed by atoms with van der Waals surface area (Å²) >= 11 is 0. The Morgan fingerprint density at radius 3 is 2.91 bits per heavy atom. The molecule has 0 aromatic carbocycles. The maximum absolute atomic E-state index is 11.8. The van der Waals surface area contributed by atoms with Crippen molar-refractivity contribution in [3.05, 3.63) is 32.6 Å². The molecule has 1 aromatic rings. The number of aliphatic hydroxyl groups excluding tert-OH is 1. The van der Waals surface area contributed by atoms with Crippen LogP contribution in [0.15, 0.2) is 15.8 Å². The van der Waals surface area contributed by atoms with Gasteiger partial charge in [-0.15, -0.1) is 0 Å². The molecule has 22 heavy (non-hydrogen) atoms. The van der Waals surface area contributed by atoms with Gasteiger partial charge in [0.25, 0.3) is 13.4 Å². The third-order valence-electron chi connectivity index (χ3n) is 3.28. The molecule has 0 bridgehead atoms. The van der Waals surface area contributed by atoms with E-state index in [1.807, 2.05) is 0 Å². The summed E-state index contributed by atoms with van der Waals surface area (Å²) in [6.07, 6.45) is -1.44. The predicted octanol–water partition coefficient (Wildman–Crippen LogP) is -1.38. The normalized spacial score (nSPS) is 27.7. The molecule has 1 aromatic heterocycles. The lowest BCUT2D eigenvalue weighted by Crippen LogP contribution is -2.33. The highest BCUT2D eigenvalue weighted by Gasteiger charge is 2.36. The zero-order valence-electron chi connectivity index (χ0n) is 11.9. The minimum Gasteiger partial charge on any atom is -0.756 e. The molecule has 1 aliphatic rings. The molecule has 1 aliphatic heterocycles. The number of hydrogen-bond donors (Lipinski definition) is 2. The molecule has 2 N–H and O–H groups in total. The van der Waals surface area contributed by atoms with Gasteiger partial charge in [-0.3, -0.25) is 18.9 Å². The molecule has 0 radical (unpaired) electrons. The van der Waals surface area contributed by atoms with Gasteiger partial charge in [0.15, 0.2) is 0 Å². The number of aromatic amines is 1. The quantitative estimate of drug-likeness (QED) is 0.627. The number of ether oxygens (including phenoxy) is 1. The highest BCUT2D eigenvalue weighted by atomic mass is 31.2. The van der Waals surface area contributed by atoms with Gasteiger partial charge in [0.2, 0.25) is 0 Å². The first-order valence-electron chi connectivity index (χ1n) is 6.40. The Kier molecular flexibility index (Phi) is 5.00. The van der Waals surface area contributed by atoms with E-state index in [9.17, 15) is 24.2 Å². The number of phosphoric ester groups is 1. The maximum Gasteiger partial charge on any atom is 0.330 e. The average molecular weight is 335 g/mol. The van der Waals surface area contributed by atoms with Crippen LogP contribution in [-0.4, -0.2) is 40.6 Å². The summed E-state index contributed by atoms with van der Waals surface area (Å²) in [7, 11) is -3.48. The summed E-state index contributed by atoms with van der Waals surface area (Å²) < 4.78 is 26.3. The molecule has 0 aliphatic carbocycles. The summed E-state index contributed by atoms with van der Waals surface area (Å²) in [4.78, 5) is 36.3. The highest BCUT2D eigenvalue weighted by Crippen LogP contribution is 2.38. The van der Waals surface area contributed by atoms with E-state index < -0.39 is 44.1 Å². The lowest BCUT2D eigenvalue weighted by Gasteiger charge is -2.23. The smallest absolute Gasteiger partial charge is 0.330 e. The number of aliphatic hydroxyl groups is 1. The zero-order chi connectivity index (χ0) is 16.5. The van der Waals surface area contributed by atoms with Crippen molar-refractivity contribution in [3.8, 4) is 0 Å². The number of phosphoric acid groups is 1. The SMILES string of the molecule is COP(=O)([O-])OC[C@H]1O[C@@H](n2cc(C)c(=O)[nH]c2=O)CC1O. The minimum atomic E-state index is -4.43. The van der Waals surface area contributed by atoms with Crippen LogP contribution in [0, 0.1) is 6.92 Å². The monoisotopic (exact) mass is 335 g/mol. The first-order valence-corrected chi connectivity index (χ1v) is 7.86. The molecule has 0 spiro atoms. The topological polar surface area (TPSA) is 143 Å². The summed E-state index contributed by atoms with van der Waals surface area (Å²) in [5.41, 5.74) is -0.881. The molecule has 11 heteroatoms. The van der Waals surface area contributed by atoms with E-state index >= 15 is 0 Å². The molecule has 1 saturated heterocycles. The highest BCUT2D eigenvalue weighted by molar-refractivity contribution is 7.45. The fraction of sp³-hybridized carbons (Fsp3) is 0.636. The van der Waals surface area contributed by atoms with Crippen LogP contribution in [0.25, 0.3) is 0 Å². The first kappa shape index (κ1) is 17.1. The molecule has 10 nitrogen and oxygen atoms in total. The van der Waals surface area contributed by atoms with Gasteiger partial charge in [0, 0.05) is 25.3 Å². The van der Waals surface area contributed by atoms with Gasteiger partial charge in [-0.1, -0.05) is 0 Å². The Labute approximate surface area is 124 Å². The second-order valence-electron chi connectivity index (χ2n) is 4.84. The van der Waals surface area contributed by atoms with Crippen LogP contribution in [0.1, 0.15) is 18.2 Å². The van der Waals surface area contributed by atoms with Crippen molar-refractivity contribution in [1.82, 2.24) is 9.55 Å². The van der Waals surface area contributed by atoms with E-state index in [4.69, 9.17) is 4.74 Å². The second kappa shape index (κ2) is 6.45. The summed E-state index contributed by atoms with van der Waals surface area (Å²) in [5, 5.41) is 9.88. The van der Waals surface area contributed by atoms with E-state index in [1.165, 1.54) is 13.1 Å². The van der Waals surface area contributed by atoms with Crippen molar-refractivity contribution in [2.45, 2.75) is 31.8 Å². The van der Waals surface area contributed by atoms with E-state index in [2.05, 4.69) is 14.0 Å². The summed E-state index contributed by atoms with van der Waals surface area (Å²) in [6.45, 7) is 1.08. The van der Waals surface area contributed by atoms with E-state index in [0.29, 0.717) is 5.56 Å². The second-order valence-corrected chi connectivity index (χ2v) is 6.35. The Bertz CT molecular complexity index is 698. The first-order chi connectivity index (χ1) is 10.2. The third kappa shape index (κ3) is 3.72. The number of nitrogens with zero attached hydrogens (tertiary/aromatic N) is 1. The minimum absolute atomic E-state index is 0.0511. The van der Waals surface area contributed by atoms with Gasteiger partial charge in [-0.2, -0.15) is 0 Å². The number of aryl methyl sites for hydroxylation is 1. The predicted molar refractivity (Wildman–Crippen MR) is 71.2 cm³/mol. The van der Waals surface area contributed by atoms with Crippen LogP contribution in [0.3, 0.4) is 0 Å². The molecule has 2 heterocycles.